The molecule has 3 rings (SSSR count). The summed E-state index contributed by atoms with van der Waals surface area (Å²) in [5.74, 6) is 0.226. The van der Waals surface area contributed by atoms with Crippen LogP contribution in [0.2, 0.25) is 5.02 Å². The van der Waals surface area contributed by atoms with Crippen molar-refractivity contribution in [3.8, 4) is 0 Å². The number of aryl methyl sites for hydroxylation is 1. The van der Waals surface area contributed by atoms with Gasteiger partial charge in [-0.25, -0.2) is 0 Å². The highest BCUT2D eigenvalue weighted by Gasteiger charge is 2.52. The normalized spacial score (nSPS) is 20.4. The van der Waals surface area contributed by atoms with E-state index in [1.807, 2.05) is 29.2 Å². The van der Waals surface area contributed by atoms with Crippen molar-refractivity contribution in [2.24, 2.45) is 0 Å². The summed E-state index contributed by atoms with van der Waals surface area (Å²) in [7, 11) is 0. The van der Waals surface area contributed by atoms with Crippen LogP contribution in [0.3, 0.4) is 0 Å². The number of carbonyl (C=O) groups is 1. The highest BCUT2D eigenvalue weighted by atomic mass is 35.5. The molecule has 3 nitrogen and oxygen atoms in total. The van der Waals surface area contributed by atoms with Gasteiger partial charge in [0.15, 0.2) is 0 Å². The van der Waals surface area contributed by atoms with E-state index >= 15 is 0 Å². The second-order valence-electron chi connectivity index (χ2n) is 5.10. The van der Waals surface area contributed by atoms with Crippen molar-refractivity contribution < 1.29 is 9.53 Å². The molecular formula is C14H16ClNO2. The summed E-state index contributed by atoms with van der Waals surface area (Å²) in [6.45, 7) is 2.31. The van der Waals surface area contributed by atoms with Crippen molar-refractivity contribution in [1.29, 1.82) is 0 Å². The van der Waals surface area contributed by atoms with E-state index in [1.54, 1.807) is 0 Å². The first kappa shape index (κ1) is 12.0. The van der Waals surface area contributed by atoms with Crippen LogP contribution in [0.1, 0.15) is 18.4 Å². The summed E-state index contributed by atoms with van der Waals surface area (Å²) in [6, 6.07) is 7.71. The maximum atomic E-state index is 12.1. The van der Waals surface area contributed by atoms with E-state index < -0.39 is 0 Å². The SMILES string of the molecule is O=C(CCc1ccccc1Cl)N1CCC12COC2. The molecule has 96 valence electrons. The first-order valence-electron chi connectivity index (χ1n) is 6.33. The number of amides is 1. The molecular weight excluding hydrogens is 250 g/mol. The Hall–Kier alpha value is -1.06. The van der Waals surface area contributed by atoms with Gasteiger partial charge in [-0.1, -0.05) is 29.8 Å². The zero-order valence-corrected chi connectivity index (χ0v) is 10.9. The molecule has 0 aromatic heterocycles. The lowest BCUT2D eigenvalue weighted by molar-refractivity contribution is -0.199. The van der Waals surface area contributed by atoms with Crippen LogP contribution < -0.4 is 0 Å². The monoisotopic (exact) mass is 265 g/mol. The van der Waals surface area contributed by atoms with E-state index in [1.165, 1.54) is 0 Å². The van der Waals surface area contributed by atoms with Crippen LogP contribution in [0.4, 0.5) is 0 Å². The van der Waals surface area contributed by atoms with Gasteiger partial charge < -0.3 is 9.64 Å². The minimum Gasteiger partial charge on any atom is -0.376 e. The number of likely N-dealkylation sites (tertiary alicyclic amines) is 1. The van der Waals surface area contributed by atoms with Gasteiger partial charge in [-0.15, -0.1) is 0 Å². The Morgan fingerprint density at radius 2 is 2.17 bits per heavy atom. The first-order valence-corrected chi connectivity index (χ1v) is 6.71. The van der Waals surface area contributed by atoms with E-state index in [0.29, 0.717) is 26.1 Å². The van der Waals surface area contributed by atoms with Gasteiger partial charge in [-0.05, 0) is 24.5 Å². The van der Waals surface area contributed by atoms with Crippen LogP contribution in [0.25, 0.3) is 0 Å². The molecule has 18 heavy (non-hydrogen) atoms. The van der Waals surface area contributed by atoms with Crippen LogP contribution in [0.15, 0.2) is 24.3 Å². The smallest absolute Gasteiger partial charge is 0.223 e. The first-order chi connectivity index (χ1) is 8.71. The Morgan fingerprint density at radius 1 is 1.39 bits per heavy atom. The lowest BCUT2D eigenvalue weighted by Gasteiger charge is -2.57. The van der Waals surface area contributed by atoms with Gasteiger partial charge in [-0.2, -0.15) is 0 Å². The van der Waals surface area contributed by atoms with Crippen molar-refractivity contribution in [3.05, 3.63) is 34.9 Å². The summed E-state index contributed by atoms with van der Waals surface area (Å²) in [5, 5.41) is 0.746. The van der Waals surface area contributed by atoms with Gasteiger partial charge in [0.2, 0.25) is 5.91 Å². The maximum Gasteiger partial charge on any atom is 0.223 e. The molecule has 0 N–H and O–H groups in total. The van der Waals surface area contributed by atoms with Gasteiger partial charge in [-0.3, -0.25) is 4.79 Å². The third-order valence-electron chi connectivity index (χ3n) is 3.98. The Labute approximate surface area is 112 Å². The van der Waals surface area contributed by atoms with Gasteiger partial charge in [0.05, 0.1) is 18.8 Å². The summed E-state index contributed by atoms with van der Waals surface area (Å²) in [6.07, 6.45) is 2.34. The van der Waals surface area contributed by atoms with Crippen molar-refractivity contribution in [3.63, 3.8) is 0 Å². The third kappa shape index (κ3) is 1.91. The number of hydrogen-bond donors (Lipinski definition) is 0. The molecule has 0 radical (unpaired) electrons. The summed E-state index contributed by atoms with van der Waals surface area (Å²) >= 11 is 6.08. The Morgan fingerprint density at radius 3 is 2.72 bits per heavy atom. The highest BCUT2D eigenvalue weighted by molar-refractivity contribution is 6.31. The Kier molecular flexibility index (Phi) is 3.04. The van der Waals surface area contributed by atoms with E-state index in [0.717, 1.165) is 23.6 Å². The van der Waals surface area contributed by atoms with Crippen molar-refractivity contribution in [2.45, 2.75) is 24.8 Å². The van der Waals surface area contributed by atoms with Crippen LogP contribution in [0, 0.1) is 0 Å². The van der Waals surface area contributed by atoms with Gasteiger partial charge in [0, 0.05) is 18.0 Å². The molecule has 2 aliphatic rings. The quantitative estimate of drug-likeness (QED) is 0.839. The molecule has 0 unspecified atom stereocenters. The maximum absolute atomic E-state index is 12.1. The summed E-state index contributed by atoms with van der Waals surface area (Å²) in [5.41, 5.74) is 1.10. The molecule has 2 heterocycles. The molecule has 1 aromatic carbocycles. The topological polar surface area (TPSA) is 29.5 Å². The molecule has 1 spiro atoms. The van der Waals surface area contributed by atoms with Crippen molar-refractivity contribution in [2.75, 3.05) is 19.8 Å². The minimum absolute atomic E-state index is 0.0531. The van der Waals surface area contributed by atoms with Crippen LogP contribution in [-0.4, -0.2) is 36.1 Å². The number of halogens is 1. The molecule has 0 aliphatic carbocycles. The molecule has 1 amide bonds. The number of hydrogen-bond acceptors (Lipinski definition) is 2. The van der Waals surface area contributed by atoms with Gasteiger partial charge in [0.25, 0.3) is 0 Å². The zero-order chi connectivity index (χ0) is 12.6. The second-order valence-corrected chi connectivity index (χ2v) is 5.51. The second kappa shape index (κ2) is 4.56. The predicted octanol–water partition coefficient (Wildman–Crippen LogP) is 2.27. The fraction of sp³-hybridized carbons (Fsp3) is 0.500. The molecule has 0 atom stereocenters. The third-order valence-corrected chi connectivity index (χ3v) is 4.35. The fourth-order valence-electron chi connectivity index (χ4n) is 2.64. The Balaban J connectivity index is 1.57. The molecule has 2 fully saturated rings. The van der Waals surface area contributed by atoms with Gasteiger partial charge >= 0.3 is 0 Å². The predicted molar refractivity (Wildman–Crippen MR) is 69.7 cm³/mol. The van der Waals surface area contributed by atoms with E-state index in [2.05, 4.69) is 0 Å². The van der Waals surface area contributed by atoms with E-state index in [9.17, 15) is 4.79 Å². The molecule has 0 bridgehead atoms. The summed E-state index contributed by atoms with van der Waals surface area (Å²) in [4.78, 5) is 14.1. The highest BCUT2D eigenvalue weighted by Crippen LogP contribution is 2.37. The number of ether oxygens (including phenoxy) is 1. The van der Waals surface area contributed by atoms with Crippen molar-refractivity contribution >= 4 is 17.5 Å². The Bertz CT molecular complexity index is 465. The largest absolute Gasteiger partial charge is 0.376 e. The standard InChI is InChI=1S/C14H16ClNO2/c15-12-4-2-1-3-11(12)5-6-13(17)16-8-7-14(16)9-18-10-14/h1-4H,5-10H2. The lowest BCUT2D eigenvalue weighted by Crippen LogP contribution is -2.72. The fourth-order valence-corrected chi connectivity index (χ4v) is 2.87. The number of nitrogens with zero attached hydrogens (tertiary/aromatic N) is 1. The molecule has 4 heteroatoms. The number of carbonyl (C=O) groups excluding carboxylic acids is 1. The van der Waals surface area contributed by atoms with Crippen LogP contribution in [0.5, 0.6) is 0 Å². The van der Waals surface area contributed by atoms with Crippen molar-refractivity contribution in [1.82, 2.24) is 4.90 Å². The minimum atomic E-state index is 0.0531. The molecule has 1 aromatic rings. The summed E-state index contributed by atoms with van der Waals surface area (Å²) < 4.78 is 5.23. The van der Waals surface area contributed by atoms with Gasteiger partial charge in [0.1, 0.15) is 0 Å². The van der Waals surface area contributed by atoms with Crippen LogP contribution >= 0.6 is 11.6 Å². The molecule has 0 saturated carbocycles. The van der Waals surface area contributed by atoms with E-state index in [-0.39, 0.29) is 11.4 Å². The lowest BCUT2D eigenvalue weighted by atomic mass is 9.82. The molecule has 2 saturated heterocycles. The van der Waals surface area contributed by atoms with Crippen LogP contribution in [-0.2, 0) is 16.0 Å². The number of rotatable bonds is 3. The van der Waals surface area contributed by atoms with E-state index in [4.69, 9.17) is 16.3 Å². The average Bonchev–Trinajstić information content (AvgIpc) is 2.24. The zero-order valence-electron chi connectivity index (χ0n) is 10.2. The number of benzene rings is 1. The average molecular weight is 266 g/mol. The molecule has 2 aliphatic heterocycles.